The van der Waals surface area contributed by atoms with Crippen molar-refractivity contribution in [1.82, 2.24) is 5.32 Å². The zero-order valence-electron chi connectivity index (χ0n) is 13.3. The second kappa shape index (κ2) is 8.68. The summed E-state index contributed by atoms with van der Waals surface area (Å²) < 4.78 is 6.96. The molecule has 1 N–H and O–H groups in total. The number of halogens is 1. The van der Waals surface area contributed by atoms with Gasteiger partial charge in [0.1, 0.15) is 5.75 Å². The molecule has 2 nitrogen and oxygen atoms in total. The minimum atomic E-state index is 0.121. The molecule has 3 heteroatoms. The van der Waals surface area contributed by atoms with Crippen molar-refractivity contribution in [2.75, 3.05) is 6.61 Å². The number of hydrogen-bond donors (Lipinski definition) is 1. The Bertz CT molecular complexity index is 398. The van der Waals surface area contributed by atoms with E-state index in [1.54, 1.807) is 0 Å². The summed E-state index contributed by atoms with van der Waals surface area (Å²) >= 11 is 3.61. The molecule has 0 aliphatic heterocycles. The van der Waals surface area contributed by atoms with Crippen LogP contribution in [0, 0.1) is 0 Å². The summed E-state index contributed by atoms with van der Waals surface area (Å²) in [5.74, 6) is 0.968. The van der Waals surface area contributed by atoms with E-state index in [0.29, 0.717) is 0 Å². The Kier molecular flexibility index (Phi) is 7.60. The molecule has 0 fully saturated rings. The molecule has 0 bridgehead atoms. The van der Waals surface area contributed by atoms with Crippen LogP contribution in [0.4, 0.5) is 0 Å². The summed E-state index contributed by atoms with van der Waals surface area (Å²) in [6.07, 6.45) is 4.95. The lowest BCUT2D eigenvalue weighted by Gasteiger charge is -2.21. The molecule has 0 amide bonds. The molecule has 0 radical (unpaired) electrons. The summed E-state index contributed by atoms with van der Waals surface area (Å²) in [4.78, 5) is 0. The summed E-state index contributed by atoms with van der Waals surface area (Å²) in [5, 5.41) is 3.50. The normalized spacial score (nSPS) is 11.7. The van der Waals surface area contributed by atoms with E-state index >= 15 is 0 Å². The highest BCUT2D eigenvalue weighted by Gasteiger charge is 2.10. The zero-order chi connectivity index (χ0) is 15.0. The third kappa shape index (κ3) is 7.30. The van der Waals surface area contributed by atoms with Crippen molar-refractivity contribution in [1.29, 1.82) is 0 Å². The largest absolute Gasteiger partial charge is 0.494 e. The monoisotopic (exact) mass is 341 g/mol. The van der Waals surface area contributed by atoms with Crippen LogP contribution in [0.1, 0.15) is 58.9 Å². The molecule has 114 valence electrons. The fraction of sp³-hybridized carbons (Fsp3) is 0.647. The lowest BCUT2D eigenvalue weighted by atomic mass is 10.1. The Morgan fingerprint density at radius 1 is 1.15 bits per heavy atom. The van der Waals surface area contributed by atoms with Crippen molar-refractivity contribution in [2.45, 2.75) is 65.5 Å². The molecule has 1 aromatic rings. The van der Waals surface area contributed by atoms with Crippen LogP contribution >= 0.6 is 15.9 Å². The average Bonchev–Trinajstić information content (AvgIpc) is 2.38. The quantitative estimate of drug-likeness (QED) is 0.648. The van der Waals surface area contributed by atoms with Gasteiger partial charge in [-0.25, -0.2) is 0 Å². The van der Waals surface area contributed by atoms with Crippen LogP contribution in [-0.2, 0) is 6.54 Å². The maximum absolute atomic E-state index is 5.83. The highest BCUT2D eigenvalue weighted by Crippen LogP contribution is 2.23. The van der Waals surface area contributed by atoms with Gasteiger partial charge in [0.15, 0.2) is 0 Å². The van der Waals surface area contributed by atoms with Crippen molar-refractivity contribution in [3.8, 4) is 5.75 Å². The zero-order valence-corrected chi connectivity index (χ0v) is 14.8. The van der Waals surface area contributed by atoms with Crippen molar-refractivity contribution >= 4 is 15.9 Å². The molecule has 1 rings (SSSR count). The summed E-state index contributed by atoms with van der Waals surface area (Å²) in [7, 11) is 0. The van der Waals surface area contributed by atoms with Gasteiger partial charge >= 0.3 is 0 Å². The molecule has 0 unspecified atom stereocenters. The van der Waals surface area contributed by atoms with E-state index in [-0.39, 0.29) is 5.54 Å². The van der Waals surface area contributed by atoms with Gasteiger partial charge in [-0.3, -0.25) is 0 Å². The van der Waals surface area contributed by atoms with E-state index in [0.717, 1.165) is 29.8 Å². The Morgan fingerprint density at radius 2 is 1.90 bits per heavy atom. The van der Waals surface area contributed by atoms with E-state index < -0.39 is 0 Å². The first-order chi connectivity index (χ1) is 9.42. The summed E-state index contributed by atoms with van der Waals surface area (Å²) in [6, 6.07) is 6.23. The van der Waals surface area contributed by atoms with Gasteiger partial charge < -0.3 is 10.1 Å². The van der Waals surface area contributed by atoms with E-state index in [1.807, 2.05) is 6.07 Å². The van der Waals surface area contributed by atoms with Gasteiger partial charge in [0.05, 0.1) is 6.61 Å². The number of benzene rings is 1. The molecule has 20 heavy (non-hydrogen) atoms. The second-order valence-corrected chi connectivity index (χ2v) is 7.12. The average molecular weight is 342 g/mol. The maximum atomic E-state index is 5.83. The molecule has 0 aliphatic rings. The van der Waals surface area contributed by atoms with Crippen LogP contribution in [0.15, 0.2) is 22.7 Å². The van der Waals surface area contributed by atoms with E-state index in [4.69, 9.17) is 4.74 Å². The Morgan fingerprint density at radius 3 is 2.55 bits per heavy atom. The third-order valence-electron chi connectivity index (χ3n) is 3.09. The SMILES string of the molecule is CCCCCCOc1ccc(Br)c(CNC(C)(C)C)c1. The van der Waals surface area contributed by atoms with Crippen LogP contribution < -0.4 is 10.1 Å². The van der Waals surface area contributed by atoms with Gasteiger partial charge in [0.25, 0.3) is 0 Å². The van der Waals surface area contributed by atoms with Crippen molar-refractivity contribution < 1.29 is 4.74 Å². The van der Waals surface area contributed by atoms with Crippen LogP contribution in [0.5, 0.6) is 5.75 Å². The molecular weight excluding hydrogens is 314 g/mol. The molecular formula is C17H28BrNO. The van der Waals surface area contributed by atoms with Crippen LogP contribution in [0.2, 0.25) is 0 Å². The molecule has 0 spiro atoms. The van der Waals surface area contributed by atoms with Gasteiger partial charge in [0.2, 0.25) is 0 Å². The van der Waals surface area contributed by atoms with Crippen LogP contribution in [0.3, 0.4) is 0 Å². The minimum absolute atomic E-state index is 0.121. The highest BCUT2D eigenvalue weighted by molar-refractivity contribution is 9.10. The number of unbranched alkanes of at least 4 members (excludes halogenated alkanes) is 3. The molecule has 0 saturated heterocycles. The number of hydrogen-bond acceptors (Lipinski definition) is 2. The van der Waals surface area contributed by atoms with Gasteiger partial charge in [-0.05, 0) is 51.0 Å². The molecule has 0 heterocycles. The highest BCUT2D eigenvalue weighted by atomic mass is 79.9. The van der Waals surface area contributed by atoms with Crippen LogP contribution in [0.25, 0.3) is 0 Å². The standard InChI is InChI=1S/C17H28BrNO/c1-5-6-7-8-11-20-15-9-10-16(18)14(12-15)13-19-17(2,3)4/h9-10,12,19H,5-8,11,13H2,1-4H3. The Hall–Kier alpha value is -0.540. The minimum Gasteiger partial charge on any atom is -0.494 e. The fourth-order valence-electron chi connectivity index (χ4n) is 1.86. The molecule has 0 aliphatic carbocycles. The first-order valence-corrected chi connectivity index (χ1v) is 8.38. The Balaban J connectivity index is 2.48. The van der Waals surface area contributed by atoms with E-state index in [1.165, 1.54) is 24.8 Å². The van der Waals surface area contributed by atoms with E-state index in [2.05, 4.69) is 61.1 Å². The number of nitrogens with one attached hydrogen (secondary N) is 1. The summed E-state index contributed by atoms with van der Waals surface area (Å²) in [6.45, 7) is 10.4. The Labute approximate surface area is 132 Å². The second-order valence-electron chi connectivity index (χ2n) is 6.27. The van der Waals surface area contributed by atoms with Crippen LogP contribution in [-0.4, -0.2) is 12.1 Å². The number of ether oxygens (including phenoxy) is 1. The van der Waals surface area contributed by atoms with Gasteiger partial charge in [-0.2, -0.15) is 0 Å². The maximum Gasteiger partial charge on any atom is 0.119 e. The molecule has 1 aromatic carbocycles. The van der Waals surface area contributed by atoms with Gasteiger partial charge in [-0.1, -0.05) is 42.1 Å². The molecule has 0 saturated carbocycles. The van der Waals surface area contributed by atoms with Crippen molar-refractivity contribution in [3.63, 3.8) is 0 Å². The van der Waals surface area contributed by atoms with E-state index in [9.17, 15) is 0 Å². The topological polar surface area (TPSA) is 21.3 Å². The fourth-order valence-corrected chi connectivity index (χ4v) is 2.24. The number of rotatable bonds is 8. The van der Waals surface area contributed by atoms with Gasteiger partial charge in [0, 0.05) is 16.6 Å². The predicted molar refractivity (Wildman–Crippen MR) is 90.4 cm³/mol. The summed E-state index contributed by atoms with van der Waals surface area (Å²) in [5.41, 5.74) is 1.36. The van der Waals surface area contributed by atoms with Crippen molar-refractivity contribution in [2.24, 2.45) is 0 Å². The predicted octanol–water partition coefficient (Wildman–Crippen LogP) is 5.30. The first kappa shape index (κ1) is 17.5. The third-order valence-corrected chi connectivity index (χ3v) is 3.87. The lowest BCUT2D eigenvalue weighted by Crippen LogP contribution is -2.35. The molecule has 0 aromatic heterocycles. The lowest BCUT2D eigenvalue weighted by molar-refractivity contribution is 0.304. The smallest absolute Gasteiger partial charge is 0.119 e. The van der Waals surface area contributed by atoms with Crippen molar-refractivity contribution in [3.05, 3.63) is 28.2 Å². The van der Waals surface area contributed by atoms with Gasteiger partial charge in [-0.15, -0.1) is 0 Å². The first-order valence-electron chi connectivity index (χ1n) is 7.58. The molecule has 0 atom stereocenters.